The zero-order valence-corrected chi connectivity index (χ0v) is 11.3. The summed E-state index contributed by atoms with van der Waals surface area (Å²) in [5.41, 5.74) is 2.13. The number of hydrogen-bond acceptors (Lipinski definition) is 2. The molecule has 0 amide bonds. The van der Waals surface area contributed by atoms with Crippen molar-refractivity contribution in [1.29, 1.82) is 0 Å². The molecule has 1 aliphatic rings. The summed E-state index contributed by atoms with van der Waals surface area (Å²) in [5.74, 6) is -0.730. The van der Waals surface area contributed by atoms with Crippen LogP contribution in [0.1, 0.15) is 24.0 Å². The van der Waals surface area contributed by atoms with Crippen LogP contribution >= 0.6 is 11.6 Å². The largest absolute Gasteiger partial charge is 0.480 e. The van der Waals surface area contributed by atoms with Crippen LogP contribution in [0.3, 0.4) is 0 Å². The fourth-order valence-corrected chi connectivity index (χ4v) is 2.75. The highest BCUT2D eigenvalue weighted by atomic mass is 35.5. The number of carbonyl (C=O) groups is 1. The third-order valence-corrected chi connectivity index (χ3v) is 3.82. The van der Waals surface area contributed by atoms with Crippen LogP contribution in [0.4, 0.5) is 0 Å². The number of carboxylic acid groups (broad SMARTS) is 1. The molecule has 2 rings (SSSR count). The first kappa shape index (κ1) is 13.4. The van der Waals surface area contributed by atoms with Gasteiger partial charge in [0.05, 0.1) is 0 Å². The quantitative estimate of drug-likeness (QED) is 0.912. The van der Waals surface area contributed by atoms with E-state index in [1.807, 2.05) is 25.1 Å². The average molecular weight is 268 g/mol. The maximum Gasteiger partial charge on any atom is 0.321 e. The number of nitrogens with zero attached hydrogens (tertiary/aromatic N) is 1. The van der Waals surface area contributed by atoms with E-state index < -0.39 is 12.0 Å². The van der Waals surface area contributed by atoms with Gasteiger partial charge in [0.1, 0.15) is 6.04 Å². The summed E-state index contributed by atoms with van der Waals surface area (Å²) >= 11 is 5.92. The topological polar surface area (TPSA) is 40.5 Å². The molecule has 1 heterocycles. The summed E-state index contributed by atoms with van der Waals surface area (Å²) in [5, 5.41) is 10.1. The van der Waals surface area contributed by atoms with Gasteiger partial charge in [-0.15, -0.1) is 0 Å². The van der Waals surface area contributed by atoms with Gasteiger partial charge in [-0.05, 0) is 62.5 Å². The minimum absolute atomic E-state index is 0.410. The van der Waals surface area contributed by atoms with E-state index in [2.05, 4.69) is 4.90 Å². The summed E-state index contributed by atoms with van der Waals surface area (Å²) in [4.78, 5) is 13.5. The predicted molar refractivity (Wildman–Crippen MR) is 72.1 cm³/mol. The summed E-state index contributed by atoms with van der Waals surface area (Å²) in [6.45, 7) is 3.76. The van der Waals surface area contributed by atoms with Gasteiger partial charge in [0.15, 0.2) is 0 Å². The monoisotopic (exact) mass is 267 g/mol. The number of likely N-dealkylation sites (tertiary alicyclic amines) is 1. The molecule has 1 aromatic carbocycles. The van der Waals surface area contributed by atoms with E-state index in [1.54, 1.807) is 0 Å². The van der Waals surface area contributed by atoms with Gasteiger partial charge in [-0.25, -0.2) is 0 Å². The van der Waals surface area contributed by atoms with E-state index >= 15 is 0 Å². The number of aliphatic carboxylic acids is 1. The summed E-state index contributed by atoms with van der Waals surface area (Å²) in [6.07, 6.45) is 2.76. The first-order valence-electron chi connectivity index (χ1n) is 6.30. The van der Waals surface area contributed by atoms with Gasteiger partial charge in [-0.3, -0.25) is 9.69 Å². The van der Waals surface area contributed by atoms with Crippen LogP contribution < -0.4 is 0 Å². The number of benzene rings is 1. The Morgan fingerprint density at radius 3 is 2.67 bits per heavy atom. The molecule has 0 bridgehead atoms. The molecule has 0 aliphatic carbocycles. The van der Waals surface area contributed by atoms with Gasteiger partial charge in [0.25, 0.3) is 0 Å². The summed E-state index contributed by atoms with van der Waals surface area (Å²) < 4.78 is 0. The first-order chi connectivity index (χ1) is 8.58. The minimum Gasteiger partial charge on any atom is -0.480 e. The van der Waals surface area contributed by atoms with Crippen molar-refractivity contribution in [2.45, 2.75) is 32.2 Å². The molecule has 0 saturated carbocycles. The SMILES string of the molecule is Cc1cc(Cl)ccc1CC(C(=O)O)N1CCCC1. The lowest BCUT2D eigenvalue weighted by atomic mass is 10.0. The second kappa shape index (κ2) is 5.72. The highest BCUT2D eigenvalue weighted by Crippen LogP contribution is 2.20. The first-order valence-corrected chi connectivity index (χ1v) is 6.67. The Bertz CT molecular complexity index is 441. The van der Waals surface area contributed by atoms with Gasteiger partial charge in [0.2, 0.25) is 0 Å². The maximum atomic E-state index is 11.4. The van der Waals surface area contributed by atoms with Crippen molar-refractivity contribution in [3.8, 4) is 0 Å². The van der Waals surface area contributed by atoms with Gasteiger partial charge in [-0.1, -0.05) is 17.7 Å². The van der Waals surface area contributed by atoms with Crippen molar-refractivity contribution in [1.82, 2.24) is 4.90 Å². The van der Waals surface area contributed by atoms with Crippen LogP contribution in [0.15, 0.2) is 18.2 Å². The molecule has 18 heavy (non-hydrogen) atoms. The molecule has 98 valence electrons. The molecule has 0 aromatic heterocycles. The highest BCUT2D eigenvalue weighted by Gasteiger charge is 2.28. The highest BCUT2D eigenvalue weighted by molar-refractivity contribution is 6.30. The molecule has 1 N–H and O–H groups in total. The van der Waals surface area contributed by atoms with Crippen molar-refractivity contribution < 1.29 is 9.90 Å². The lowest BCUT2D eigenvalue weighted by Crippen LogP contribution is -2.41. The maximum absolute atomic E-state index is 11.4. The van der Waals surface area contributed by atoms with Crippen LogP contribution in [-0.4, -0.2) is 35.1 Å². The fraction of sp³-hybridized carbons (Fsp3) is 0.500. The van der Waals surface area contributed by atoms with E-state index in [0.717, 1.165) is 37.1 Å². The van der Waals surface area contributed by atoms with Crippen LogP contribution in [-0.2, 0) is 11.2 Å². The van der Waals surface area contributed by atoms with E-state index in [4.69, 9.17) is 11.6 Å². The second-order valence-electron chi connectivity index (χ2n) is 4.87. The van der Waals surface area contributed by atoms with Crippen LogP contribution in [0.25, 0.3) is 0 Å². The molecule has 0 radical (unpaired) electrons. The van der Waals surface area contributed by atoms with Crippen molar-refractivity contribution in [3.05, 3.63) is 34.3 Å². The molecular formula is C14H18ClNO2. The zero-order valence-electron chi connectivity index (χ0n) is 10.5. The number of rotatable bonds is 4. The van der Waals surface area contributed by atoms with Gasteiger partial charge >= 0.3 is 5.97 Å². The summed E-state index contributed by atoms with van der Waals surface area (Å²) in [7, 11) is 0. The molecule has 1 aromatic rings. The van der Waals surface area contributed by atoms with Gasteiger partial charge in [-0.2, -0.15) is 0 Å². The molecule has 0 spiro atoms. The minimum atomic E-state index is -0.730. The lowest BCUT2D eigenvalue weighted by molar-refractivity contribution is -0.142. The Hall–Kier alpha value is -1.06. The predicted octanol–water partition coefficient (Wildman–Crippen LogP) is 2.74. The van der Waals surface area contributed by atoms with E-state index in [9.17, 15) is 9.90 Å². The van der Waals surface area contributed by atoms with Crippen molar-refractivity contribution in [2.75, 3.05) is 13.1 Å². The standard InChI is InChI=1S/C14H18ClNO2/c1-10-8-12(15)5-4-11(10)9-13(14(17)18)16-6-2-3-7-16/h4-5,8,13H,2-3,6-7,9H2,1H3,(H,17,18). The molecule has 1 aliphatic heterocycles. The lowest BCUT2D eigenvalue weighted by Gasteiger charge is -2.24. The van der Waals surface area contributed by atoms with Gasteiger partial charge in [0, 0.05) is 5.02 Å². The number of carboxylic acids is 1. The van der Waals surface area contributed by atoms with E-state index in [1.165, 1.54) is 0 Å². The molecular weight excluding hydrogens is 250 g/mol. The van der Waals surface area contributed by atoms with Gasteiger partial charge < -0.3 is 5.11 Å². The molecule has 1 unspecified atom stereocenters. The van der Waals surface area contributed by atoms with E-state index in [0.29, 0.717) is 11.4 Å². The average Bonchev–Trinajstić information content (AvgIpc) is 2.80. The van der Waals surface area contributed by atoms with Crippen LogP contribution in [0.2, 0.25) is 5.02 Å². The third-order valence-electron chi connectivity index (χ3n) is 3.58. The van der Waals surface area contributed by atoms with E-state index in [-0.39, 0.29) is 0 Å². The Morgan fingerprint density at radius 1 is 1.44 bits per heavy atom. The Morgan fingerprint density at radius 2 is 2.11 bits per heavy atom. The zero-order chi connectivity index (χ0) is 13.1. The molecule has 3 nitrogen and oxygen atoms in total. The van der Waals surface area contributed by atoms with Crippen molar-refractivity contribution in [3.63, 3.8) is 0 Å². The number of halogens is 1. The fourth-order valence-electron chi connectivity index (χ4n) is 2.52. The van der Waals surface area contributed by atoms with Crippen molar-refractivity contribution >= 4 is 17.6 Å². The Kier molecular flexibility index (Phi) is 4.25. The molecule has 1 atom stereocenters. The summed E-state index contributed by atoms with van der Waals surface area (Å²) in [6, 6.07) is 5.24. The van der Waals surface area contributed by atoms with Crippen molar-refractivity contribution in [2.24, 2.45) is 0 Å². The Balaban J connectivity index is 2.15. The smallest absolute Gasteiger partial charge is 0.321 e. The second-order valence-corrected chi connectivity index (χ2v) is 5.31. The normalized spacial score (nSPS) is 17.9. The number of aryl methyl sites for hydroxylation is 1. The Labute approximate surface area is 112 Å². The molecule has 1 fully saturated rings. The third kappa shape index (κ3) is 3.03. The molecule has 1 saturated heterocycles. The van der Waals surface area contributed by atoms with Crippen LogP contribution in [0.5, 0.6) is 0 Å². The molecule has 4 heteroatoms. The van der Waals surface area contributed by atoms with Crippen LogP contribution in [0, 0.1) is 6.92 Å². The number of hydrogen-bond donors (Lipinski definition) is 1.